The molecule has 0 aliphatic heterocycles. The molecule has 1 aliphatic carbocycles. The Morgan fingerprint density at radius 3 is 2.46 bits per heavy atom. The molecule has 1 aliphatic rings. The molecule has 0 aromatic carbocycles. The molecule has 4 nitrogen and oxygen atoms in total. The number of hydrogen-bond acceptors (Lipinski definition) is 2. The monoisotopic (exact) mass is 204 g/mol. The second-order valence-electron chi connectivity index (χ2n) is 2.94. The van der Waals surface area contributed by atoms with Crippen molar-refractivity contribution in [2.45, 2.75) is 17.7 Å². The molecule has 13 heavy (non-hydrogen) atoms. The number of allylic oxidation sites excluding steroid dienone is 1. The van der Waals surface area contributed by atoms with Crippen LogP contribution in [0, 0.1) is 5.92 Å². The Morgan fingerprint density at radius 2 is 2.08 bits per heavy atom. The van der Waals surface area contributed by atoms with Gasteiger partial charge >= 0.3 is 11.9 Å². The van der Waals surface area contributed by atoms with Crippen molar-refractivity contribution in [3.63, 3.8) is 0 Å². The summed E-state index contributed by atoms with van der Waals surface area (Å²) in [6.07, 6.45) is 3.67. The zero-order valence-electron chi connectivity index (χ0n) is 6.74. The summed E-state index contributed by atoms with van der Waals surface area (Å²) >= 11 is 5.70. The van der Waals surface area contributed by atoms with E-state index in [1.165, 1.54) is 6.08 Å². The molecule has 0 saturated heterocycles. The van der Waals surface area contributed by atoms with Gasteiger partial charge < -0.3 is 10.2 Å². The van der Waals surface area contributed by atoms with Crippen molar-refractivity contribution in [3.05, 3.63) is 12.2 Å². The molecular weight excluding hydrogens is 196 g/mol. The first-order valence-corrected chi connectivity index (χ1v) is 4.19. The van der Waals surface area contributed by atoms with Crippen LogP contribution >= 0.6 is 11.6 Å². The fourth-order valence-corrected chi connectivity index (χ4v) is 1.66. The van der Waals surface area contributed by atoms with Crippen molar-refractivity contribution in [2.24, 2.45) is 5.92 Å². The standard InChI is InChI=1S/C8H9ClO4/c9-8(7(12)13)4-2-1-3-5(8)6(10)11/h2,4-5H,1,3H2,(H,10,11)(H,12,13). The van der Waals surface area contributed by atoms with E-state index in [-0.39, 0.29) is 6.42 Å². The van der Waals surface area contributed by atoms with Crippen molar-refractivity contribution in [1.29, 1.82) is 0 Å². The number of carboxylic acids is 2. The topological polar surface area (TPSA) is 74.6 Å². The Labute approximate surface area is 79.8 Å². The highest BCUT2D eigenvalue weighted by Crippen LogP contribution is 2.35. The van der Waals surface area contributed by atoms with E-state index >= 15 is 0 Å². The van der Waals surface area contributed by atoms with Gasteiger partial charge in [-0.3, -0.25) is 4.79 Å². The van der Waals surface area contributed by atoms with E-state index in [1.54, 1.807) is 6.08 Å². The normalized spacial score (nSPS) is 32.8. The predicted octanol–water partition coefficient (Wildman–Crippen LogP) is 1.10. The molecule has 0 heterocycles. The highest BCUT2D eigenvalue weighted by atomic mass is 35.5. The van der Waals surface area contributed by atoms with Gasteiger partial charge in [-0.25, -0.2) is 4.79 Å². The number of carbonyl (C=O) groups is 2. The lowest BCUT2D eigenvalue weighted by molar-refractivity contribution is -0.150. The van der Waals surface area contributed by atoms with E-state index < -0.39 is 22.7 Å². The van der Waals surface area contributed by atoms with Crippen LogP contribution in [-0.4, -0.2) is 27.0 Å². The maximum Gasteiger partial charge on any atom is 0.329 e. The quantitative estimate of drug-likeness (QED) is 0.522. The third-order valence-electron chi connectivity index (χ3n) is 2.12. The van der Waals surface area contributed by atoms with Gasteiger partial charge in [-0.15, -0.1) is 11.6 Å². The second kappa shape index (κ2) is 3.38. The van der Waals surface area contributed by atoms with Gasteiger partial charge in [0.05, 0.1) is 5.92 Å². The van der Waals surface area contributed by atoms with Gasteiger partial charge in [-0.2, -0.15) is 0 Å². The summed E-state index contributed by atoms with van der Waals surface area (Å²) in [6, 6.07) is 0. The van der Waals surface area contributed by atoms with E-state index in [9.17, 15) is 9.59 Å². The summed E-state index contributed by atoms with van der Waals surface area (Å²) in [5.41, 5.74) is 0. The van der Waals surface area contributed by atoms with Crippen molar-refractivity contribution in [1.82, 2.24) is 0 Å². The smallest absolute Gasteiger partial charge is 0.329 e. The number of aliphatic carboxylic acids is 2. The zero-order valence-corrected chi connectivity index (χ0v) is 7.49. The fourth-order valence-electron chi connectivity index (χ4n) is 1.37. The Balaban J connectivity index is 3.02. The van der Waals surface area contributed by atoms with Crippen molar-refractivity contribution in [2.75, 3.05) is 0 Å². The molecule has 0 radical (unpaired) electrons. The van der Waals surface area contributed by atoms with Crippen LogP contribution in [0.3, 0.4) is 0 Å². The van der Waals surface area contributed by atoms with E-state index in [2.05, 4.69) is 0 Å². The molecule has 1 rings (SSSR count). The molecule has 0 aromatic rings. The van der Waals surface area contributed by atoms with Crippen LogP contribution in [0.2, 0.25) is 0 Å². The van der Waals surface area contributed by atoms with Crippen LogP contribution < -0.4 is 0 Å². The van der Waals surface area contributed by atoms with Crippen LogP contribution in [0.5, 0.6) is 0 Å². The van der Waals surface area contributed by atoms with E-state index in [0.717, 1.165) is 0 Å². The number of rotatable bonds is 2. The molecule has 0 aromatic heterocycles. The predicted molar refractivity (Wildman–Crippen MR) is 45.7 cm³/mol. The highest BCUT2D eigenvalue weighted by Gasteiger charge is 2.47. The van der Waals surface area contributed by atoms with Crippen LogP contribution in [0.15, 0.2) is 12.2 Å². The maximum absolute atomic E-state index is 10.7. The number of hydrogen-bond donors (Lipinski definition) is 2. The molecule has 2 unspecified atom stereocenters. The van der Waals surface area contributed by atoms with Crippen LogP contribution in [-0.2, 0) is 9.59 Å². The molecule has 0 spiro atoms. The molecule has 0 fully saturated rings. The minimum Gasteiger partial charge on any atom is -0.481 e. The lowest BCUT2D eigenvalue weighted by atomic mass is 9.83. The molecule has 5 heteroatoms. The number of alkyl halides is 1. The first kappa shape index (κ1) is 10.1. The third-order valence-corrected chi connectivity index (χ3v) is 2.67. The molecular formula is C8H9ClO4. The summed E-state index contributed by atoms with van der Waals surface area (Å²) in [5, 5.41) is 17.5. The zero-order chi connectivity index (χ0) is 10.1. The maximum atomic E-state index is 10.7. The van der Waals surface area contributed by atoms with Crippen molar-refractivity contribution >= 4 is 23.5 Å². The van der Waals surface area contributed by atoms with Gasteiger partial charge in [0.15, 0.2) is 4.87 Å². The summed E-state index contributed by atoms with van der Waals surface area (Å²) in [5.74, 6) is -3.52. The molecule has 0 saturated carbocycles. The van der Waals surface area contributed by atoms with E-state index in [0.29, 0.717) is 6.42 Å². The van der Waals surface area contributed by atoms with Gasteiger partial charge in [0.25, 0.3) is 0 Å². The summed E-state index contributed by atoms with van der Waals surface area (Å²) < 4.78 is 0. The minimum absolute atomic E-state index is 0.266. The average molecular weight is 205 g/mol. The Hall–Kier alpha value is -1.03. The first-order chi connectivity index (χ1) is 5.98. The van der Waals surface area contributed by atoms with Crippen LogP contribution in [0.25, 0.3) is 0 Å². The Morgan fingerprint density at radius 1 is 1.46 bits per heavy atom. The first-order valence-electron chi connectivity index (χ1n) is 3.81. The Kier molecular flexibility index (Phi) is 2.61. The lowest BCUT2D eigenvalue weighted by Gasteiger charge is -2.28. The van der Waals surface area contributed by atoms with Crippen molar-refractivity contribution < 1.29 is 19.8 Å². The van der Waals surface area contributed by atoms with Crippen molar-refractivity contribution in [3.8, 4) is 0 Å². The SMILES string of the molecule is O=C(O)C1CCC=CC1(Cl)C(=O)O. The molecule has 0 bridgehead atoms. The van der Waals surface area contributed by atoms with Gasteiger partial charge in [0.2, 0.25) is 0 Å². The number of halogens is 1. The van der Waals surface area contributed by atoms with E-state index in [4.69, 9.17) is 21.8 Å². The lowest BCUT2D eigenvalue weighted by Crippen LogP contribution is -2.44. The molecule has 72 valence electrons. The molecule has 0 amide bonds. The Bertz CT molecular complexity index is 273. The summed E-state index contributed by atoms with van der Waals surface area (Å²) in [6.45, 7) is 0. The van der Waals surface area contributed by atoms with Gasteiger partial charge in [0.1, 0.15) is 0 Å². The molecule has 2 N–H and O–H groups in total. The van der Waals surface area contributed by atoms with Crippen LogP contribution in [0.4, 0.5) is 0 Å². The number of carboxylic acid groups (broad SMARTS) is 2. The van der Waals surface area contributed by atoms with E-state index in [1.807, 2.05) is 0 Å². The van der Waals surface area contributed by atoms with Gasteiger partial charge in [0, 0.05) is 0 Å². The average Bonchev–Trinajstić information content (AvgIpc) is 2.04. The molecule has 2 atom stereocenters. The largest absolute Gasteiger partial charge is 0.481 e. The highest BCUT2D eigenvalue weighted by molar-refractivity contribution is 6.36. The summed E-state index contributed by atoms with van der Waals surface area (Å²) in [7, 11) is 0. The fraction of sp³-hybridized carbons (Fsp3) is 0.500. The van der Waals surface area contributed by atoms with Gasteiger partial charge in [-0.1, -0.05) is 12.2 Å². The minimum atomic E-state index is -1.77. The van der Waals surface area contributed by atoms with Crippen LogP contribution in [0.1, 0.15) is 12.8 Å². The van der Waals surface area contributed by atoms with Gasteiger partial charge in [-0.05, 0) is 12.8 Å². The third kappa shape index (κ3) is 1.67. The second-order valence-corrected chi connectivity index (χ2v) is 3.57. The summed E-state index contributed by atoms with van der Waals surface area (Å²) in [4.78, 5) is 19.7.